The Morgan fingerprint density at radius 2 is 1.03 bits per heavy atom. The molecule has 2 aliphatic rings. The summed E-state index contributed by atoms with van der Waals surface area (Å²) >= 11 is 0. The molecule has 0 aromatic rings. The van der Waals surface area contributed by atoms with Crippen LogP contribution in [-0.4, -0.2) is 142 Å². The van der Waals surface area contributed by atoms with E-state index in [1.165, 1.54) is 38.5 Å². The molecule has 11 atom stereocenters. The van der Waals surface area contributed by atoms with Gasteiger partial charge in [-0.15, -0.1) is 0 Å². The van der Waals surface area contributed by atoms with Gasteiger partial charge in [-0.3, -0.25) is 9.59 Å². The van der Waals surface area contributed by atoms with Crippen LogP contribution in [0, 0.1) is 0 Å². The number of ether oxygens (including phenoxy) is 6. The standard InChI is InChI=1S/C46H78O15/c1-3-5-7-9-11-13-15-16-17-18-19-21-22-24-26-28-37(48)56-31-34(59-38(49)29-27-25-23-20-14-12-10-8-6-4-2)32-57-45-44(55)42(53)40(51)36(61-45)33-58-46-43(54)41(52)39(50)35(30-47)60-46/h5,7,9,11,13,15-17,34-36,39-47,50-55H,3-4,6,8,10,12,14,18-33H2,1-2H3/b7-5+,11-9+,15-13+,17-16+/t34-,35-,36-,39+,40+,41?,42?,43?,44?,45-,46-/m1/s1. The minimum Gasteiger partial charge on any atom is -0.462 e. The molecule has 2 fully saturated rings. The first-order chi connectivity index (χ1) is 29.5. The van der Waals surface area contributed by atoms with E-state index in [0.717, 1.165) is 57.8 Å². The highest BCUT2D eigenvalue weighted by atomic mass is 16.7. The van der Waals surface area contributed by atoms with Gasteiger partial charge in [0.1, 0.15) is 55.4 Å². The number of carbonyl (C=O) groups excluding carboxylic acids is 2. The summed E-state index contributed by atoms with van der Waals surface area (Å²) in [5.74, 6) is -0.958. The third-order valence-electron chi connectivity index (χ3n) is 10.7. The van der Waals surface area contributed by atoms with Crippen LogP contribution in [0.3, 0.4) is 0 Å². The average molecular weight is 871 g/mol. The lowest BCUT2D eigenvalue weighted by Gasteiger charge is -2.42. The predicted molar refractivity (Wildman–Crippen MR) is 229 cm³/mol. The fourth-order valence-corrected chi connectivity index (χ4v) is 6.87. The molecule has 4 unspecified atom stereocenters. The van der Waals surface area contributed by atoms with E-state index in [1.54, 1.807) is 0 Å². The van der Waals surface area contributed by atoms with Crippen LogP contribution in [0.1, 0.15) is 136 Å². The maximum absolute atomic E-state index is 12.9. The van der Waals surface area contributed by atoms with Gasteiger partial charge in [0.15, 0.2) is 18.7 Å². The Morgan fingerprint density at radius 1 is 0.541 bits per heavy atom. The highest BCUT2D eigenvalue weighted by molar-refractivity contribution is 5.70. The van der Waals surface area contributed by atoms with Crippen LogP contribution in [0.15, 0.2) is 48.6 Å². The van der Waals surface area contributed by atoms with E-state index in [-0.39, 0.29) is 26.1 Å². The van der Waals surface area contributed by atoms with Crippen molar-refractivity contribution in [3.63, 3.8) is 0 Å². The molecule has 0 radical (unpaired) electrons. The van der Waals surface area contributed by atoms with Gasteiger partial charge in [0.25, 0.3) is 0 Å². The number of carbonyl (C=O) groups is 2. The molecule has 0 bridgehead atoms. The minimum absolute atomic E-state index is 0.159. The van der Waals surface area contributed by atoms with Crippen molar-refractivity contribution >= 4 is 11.9 Å². The highest BCUT2D eigenvalue weighted by Gasteiger charge is 2.47. The molecule has 15 nitrogen and oxygen atoms in total. The number of hydrogen-bond donors (Lipinski definition) is 7. The smallest absolute Gasteiger partial charge is 0.306 e. The quantitative estimate of drug-likeness (QED) is 0.0268. The van der Waals surface area contributed by atoms with E-state index in [9.17, 15) is 45.3 Å². The number of allylic oxidation sites excluding steroid dienone is 8. The summed E-state index contributed by atoms with van der Waals surface area (Å²) in [4.78, 5) is 25.6. The fourth-order valence-electron chi connectivity index (χ4n) is 6.87. The Hall–Kier alpha value is -2.54. The zero-order chi connectivity index (χ0) is 44.7. The van der Waals surface area contributed by atoms with Crippen molar-refractivity contribution in [2.45, 2.75) is 203 Å². The largest absolute Gasteiger partial charge is 0.462 e. The van der Waals surface area contributed by atoms with Crippen LogP contribution in [0.25, 0.3) is 0 Å². The van der Waals surface area contributed by atoms with E-state index < -0.39 is 92.7 Å². The first-order valence-electron chi connectivity index (χ1n) is 22.8. The molecular formula is C46H78O15. The summed E-state index contributed by atoms with van der Waals surface area (Å²) < 4.78 is 33.4. The third-order valence-corrected chi connectivity index (χ3v) is 10.7. The summed E-state index contributed by atoms with van der Waals surface area (Å²) in [5.41, 5.74) is 0. The Balaban J connectivity index is 1.86. The average Bonchev–Trinajstić information content (AvgIpc) is 3.25. The molecule has 2 rings (SSSR count). The van der Waals surface area contributed by atoms with Crippen molar-refractivity contribution < 1.29 is 73.8 Å². The second-order valence-electron chi connectivity index (χ2n) is 15.9. The number of rotatable bonds is 33. The Bertz CT molecular complexity index is 1260. The van der Waals surface area contributed by atoms with Gasteiger partial charge in [-0.05, 0) is 32.1 Å². The molecule has 2 saturated heterocycles. The maximum Gasteiger partial charge on any atom is 0.306 e. The molecule has 0 aliphatic carbocycles. The van der Waals surface area contributed by atoms with Crippen LogP contribution < -0.4 is 0 Å². The van der Waals surface area contributed by atoms with Gasteiger partial charge in [-0.2, -0.15) is 0 Å². The van der Waals surface area contributed by atoms with E-state index >= 15 is 0 Å². The van der Waals surface area contributed by atoms with E-state index in [2.05, 4.69) is 26.0 Å². The Morgan fingerprint density at radius 3 is 1.62 bits per heavy atom. The van der Waals surface area contributed by atoms with Gasteiger partial charge >= 0.3 is 11.9 Å². The summed E-state index contributed by atoms with van der Waals surface area (Å²) in [7, 11) is 0. The van der Waals surface area contributed by atoms with E-state index in [4.69, 9.17) is 28.4 Å². The third kappa shape index (κ3) is 23.1. The van der Waals surface area contributed by atoms with Crippen LogP contribution in [0.4, 0.5) is 0 Å². The normalized spacial score (nSPS) is 27.8. The monoisotopic (exact) mass is 871 g/mol. The van der Waals surface area contributed by atoms with Crippen LogP contribution in [-0.2, 0) is 38.0 Å². The Kier molecular flexibility index (Phi) is 30.4. The van der Waals surface area contributed by atoms with Crippen LogP contribution in [0.5, 0.6) is 0 Å². The molecule has 2 aliphatic heterocycles. The predicted octanol–water partition coefficient (Wildman–Crippen LogP) is 4.76. The van der Waals surface area contributed by atoms with Gasteiger partial charge in [-0.1, -0.05) is 140 Å². The summed E-state index contributed by atoms with van der Waals surface area (Å²) in [6.07, 6.45) is 17.3. The topological polar surface area (TPSA) is 231 Å². The van der Waals surface area contributed by atoms with E-state index in [1.807, 2.05) is 36.5 Å². The zero-order valence-electron chi connectivity index (χ0n) is 36.6. The molecule has 352 valence electrons. The van der Waals surface area contributed by atoms with Gasteiger partial charge < -0.3 is 64.2 Å². The van der Waals surface area contributed by atoms with Gasteiger partial charge in [0.05, 0.1) is 19.8 Å². The zero-order valence-corrected chi connectivity index (χ0v) is 36.6. The van der Waals surface area contributed by atoms with Crippen molar-refractivity contribution in [2.24, 2.45) is 0 Å². The minimum atomic E-state index is -1.77. The lowest BCUT2D eigenvalue weighted by Crippen LogP contribution is -2.61. The van der Waals surface area contributed by atoms with Gasteiger partial charge in [0.2, 0.25) is 0 Å². The van der Waals surface area contributed by atoms with Crippen molar-refractivity contribution in [3.05, 3.63) is 48.6 Å². The molecule has 0 saturated carbocycles. The van der Waals surface area contributed by atoms with Crippen molar-refractivity contribution in [2.75, 3.05) is 26.4 Å². The summed E-state index contributed by atoms with van der Waals surface area (Å²) in [6, 6.07) is 0. The van der Waals surface area contributed by atoms with Crippen molar-refractivity contribution in [1.82, 2.24) is 0 Å². The number of hydrogen-bond acceptors (Lipinski definition) is 15. The molecule has 0 aromatic heterocycles. The summed E-state index contributed by atoms with van der Waals surface area (Å²) in [5, 5.41) is 71.8. The Labute approximate surface area is 363 Å². The first kappa shape index (κ1) is 54.6. The second kappa shape index (κ2) is 33.9. The van der Waals surface area contributed by atoms with E-state index in [0.29, 0.717) is 12.8 Å². The molecule has 61 heavy (non-hydrogen) atoms. The fraction of sp³-hybridized carbons (Fsp3) is 0.783. The van der Waals surface area contributed by atoms with Crippen LogP contribution >= 0.6 is 0 Å². The molecule has 2 heterocycles. The lowest BCUT2D eigenvalue weighted by molar-refractivity contribution is -0.332. The number of esters is 2. The summed E-state index contributed by atoms with van der Waals surface area (Å²) in [6.45, 7) is 2.38. The van der Waals surface area contributed by atoms with Crippen molar-refractivity contribution in [1.29, 1.82) is 0 Å². The molecule has 0 spiro atoms. The molecular weight excluding hydrogens is 792 g/mol. The maximum atomic E-state index is 12.9. The highest BCUT2D eigenvalue weighted by Crippen LogP contribution is 2.26. The van der Waals surface area contributed by atoms with Gasteiger partial charge in [0, 0.05) is 12.8 Å². The van der Waals surface area contributed by atoms with Gasteiger partial charge in [-0.25, -0.2) is 0 Å². The molecule has 0 amide bonds. The molecule has 0 aromatic carbocycles. The second-order valence-corrected chi connectivity index (χ2v) is 15.9. The molecule has 15 heteroatoms. The lowest BCUT2D eigenvalue weighted by atomic mass is 9.98. The first-order valence-corrected chi connectivity index (χ1v) is 22.8. The van der Waals surface area contributed by atoms with Crippen LogP contribution in [0.2, 0.25) is 0 Å². The van der Waals surface area contributed by atoms with Crippen molar-refractivity contribution in [3.8, 4) is 0 Å². The SMILES string of the molecule is CC/C=C/C=C/C=C/C=C/CCCCCCCC(=O)OC[C@H](CO[C@@H]1O[C@H](CO[C@@H]2O[C@H](CO)[C@H](O)C(O)C2O)[C@H](O)C(O)C1O)OC(=O)CCCCCCCCCCCC. The number of unbranched alkanes of at least 4 members (excludes halogenated alkanes) is 14. The number of aliphatic hydroxyl groups is 7. The molecule has 7 N–H and O–H groups in total. The number of aliphatic hydroxyl groups excluding tert-OH is 7.